The van der Waals surface area contributed by atoms with Gasteiger partial charge in [-0.25, -0.2) is 10.8 Å². The number of nitrogens with one attached hydrogen (secondary N) is 1. The summed E-state index contributed by atoms with van der Waals surface area (Å²) in [5.41, 5.74) is 1.82. The van der Waals surface area contributed by atoms with Gasteiger partial charge in [-0.2, -0.15) is 0 Å². The highest BCUT2D eigenvalue weighted by atomic mass is 16.7. The van der Waals surface area contributed by atoms with Crippen LogP contribution in [0.15, 0.2) is 18.7 Å². The number of carbonyl (C=O) groups is 1. The van der Waals surface area contributed by atoms with Crippen molar-refractivity contribution in [3.8, 4) is 0 Å². The third kappa shape index (κ3) is 2.69. The van der Waals surface area contributed by atoms with E-state index in [2.05, 4.69) is 9.82 Å². The Morgan fingerprint density at radius 3 is 3.17 bits per heavy atom. The van der Waals surface area contributed by atoms with Crippen molar-refractivity contribution in [1.82, 2.24) is 15.1 Å². The number of hydrazine groups is 1. The minimum atomic E-state index is -0.397. The Balaban J connectivity index is 2.22. The zero-order chi connectivity index (χ0) is 8.81. The summed E-state index contributed by atoms with van der Waals surface area (Å²) in [7, 11) is 0. The number of rotatable bonds is 4. The molecule has 3 N–H and O–H groups in total. The molecule has 0 saturated heterocycles. The number of carbonyl (C=O) groups excluding carboxylic acids is 1. The molecule has 1 aromatic rings. The molecule has 0 aliphatic heterocycles. The lowest BCUT2D eigenvalue weighted by Crippen LogP contribution is -2.26. The molecular formula is C6H10N4O2. The molecule has 0 fully saturated rings. The summed E-state index contributed by atoms with van der Waals surface area (Å²) in [5.74, 6) is 4.37. The van der Waals surface area contributed by atoms with E-state index in [0.717, 1.165) is 0 Å². The molecule has 6 nitrogen and oxygen atoms in total. The van der Waals surface area contributed by atoms with Gasteiger partial charge in [-0.05, 0) is 0 Å². The lowest BCUT2D eigenvalue weighted by atomic mass is 10.4. The van der Waals surface area contributed by atoms with Crippen LogP contribution in [0.5, 0.6) is 0 Å². The second kappa shape index (κ2) is 4.47. The van der Waals surface area contributed by atoms with Gasteiger partial charge in [0.1, 0.15) is 0 Å². The van der Waals surface area contributed by atoms with Crippen LogP contribution >= 0.6 is 0 Å². The van der Waals surface area contributed by atoms with Gasteiger partial charge < -0.3 is 9.40 Å². The molecule has 1 heterocycles. The Labute approximate surface area is 69.3 Å². The van der Waals surface area contributed by atoms with Crippen LogP contribution in [-0.4, -0.2) is 15.5 Å². The van der Waals surface area contributed by atoms with Crippen molar-refractivity contribution < 1.29 is 9.63 Å². The average Bonchev–Trinajstić information content (AvgIpc) is 2.53. The van der Waals surface area contributed by atoms with E-state index in [4.69, 9.17) is 5.84 Å². The zero-order valence-electron chi connectivity index (χ0n) is 6.43. The summed E-state index contributed by atoms with van der Waals surface area (Å²) in [4.78, 5) is 18.9. The fourth-order valence-corrected chi connectivity index (χ4v) is 0.756. The summed E-state index contributed by atoms with van der Waals surface area (Å²) in [5, 5.41) is 0. The van der Waals surface area contributed by atoms with Crippen LogP contribution in [0, 0.1) is 0 Å². The van der Waals surface area contributed by atoms with E-state index in [1.165, 1.54) is 0 Å². The number of aryl methyl sites for hydroxylation is 1. The Hall–Kier alpha value is -1.40. The maximum atomic E-state index is 10.7. The standard InChI is InChI=1S/C6H10N4O2/c7-9-12-6(11)1-3-10-4-2-8-5-10/h2,4-5,9H,1,3,7H2. The van der Waals surface area contributed by atoms with Crippen LogP contribution in [0.1, 0.15) is 6.42 Å². The van der Waals surface area contributed by atoms with Crippen LogP contribution in [0.2, 0.25) is 0 Å². The highest BCUT2D eigenvalue weighted by Crippen LogP contribution is 1.91. The molecular weight excluding hydrogens is 160 g/mol. The van der Waals surface area contributed by atoms with Crippen LogP contribution < -0.4 is 11.4 Å². The van der Waals surface area contributed by atoms with Crippen molar-refractivity contribution in [1.29, 1.82) is 0 Å². The molecule has 0 aromatic carbocycles. The molecule has 6 heteroatoms. The molecule has 0 saturated carbocycles. The van der Waals surface area contributed by atoms with Gasteiger partial charge in [0, 0.05) is 18.9 Å². The number of nitrogens with zero attached hydrogens (tertiary/aromatic N) is 2. The second-order valence-electron chi connectivity index (χ2n) is 2.14. The van der Waals surface area contributed by atoms with Gasteiger partial charge in [-0.3, -0.25) is 4.79 Å². The first kappa shape index (κ1) is 8.69. The molecule has 1 aromatic heterocycles. The van der Waals surface area contributed by atoms with Crippen LogP contribution in [0.3, 0.4) is 0 Å². The van der Waals surface area contributed by atoms with E-state index < -0.39 is 5.97 Å². The maximum Gasteiger partial charge on any atom is 0.328 e. The molecule has 0 radical (unpaired) electrons. The van der Waals surface area contributed by atoms with Crippen molar-refractivity contribution >= 4 is 5.97 Å². The quantitative estimate of drug-likeness (QED) is 0.456. The Bertz CT molecular complexity index is 234. The molecule has 0 unspecified atom stereocenters. The van der Waals surface area contributed by atoms with Crippen molar-refractivity contribution in [2.75, 3.05) is 0 Å². The predicted molar refractivity (Wildman–Crippen MR) is 40.3 cm³/mol. The summed E-state index contributed by atoms with van der Waals surface area (Å²) in [6.07, 6.45) is 5.30. The summed E-state index contributed by atoms with van der Waals surface area (Å²) >= 11 is 0. The highest BCUT2D eigenvalue weighted by Gasteiger charge is 2.01. The Morgan fingerprint density at radius 1 is 1.75 bits per heavy atom. The number of hydrogen-bond acceptors (Lipinski definition) is 5. The molecule has 0 atom stereocenters. The van der Waals surface area contributed by atoms with Gasteiger partial charge in [0.25, 0.3) is 0 Å². The number of nitrogens with two attached hydrogens (primary N) is 1. The minimum Gasteiger partial charge on any atom is -0.356 e. The predicted octanol–water partition coefficient (Wildman–Crippen LogP) is -0.805. The average molecular weight is 170 g/mol. The van der Waals surface area contributed by atoms with E-state index >= 15 is 0 Å². The highest BCUT2D eigenvalue weighted by molar-refractivity contribution is 5.68. The molecule has 0 amide bonds. The lowest BCUT2D eigenvalue weighted by molar-refractivity contribution is -0.151. The van der Waals surface area contributed by atoms with Gasteiger partial charge in [-0.1, -0.05) is 5.59 Å². The van der Waals surface area contributed by atoms with Crippen molar-refractivity contribution in [3.63, 3.8) is 0 Å². The topological polar surface area (TPSA) is 82.2 Å². The Morgan fingerprint density at radius 2 is 2.58 bits per heavy atom. The first-order valence-electron chi connectivity index (χ1n) is 3.44. The van der Waals surface area contributed by atoms with Gasteiger partial charge in [0.2, 0.25) is 0 Å². The van der Waals surface area contributed by atoms with Crippen LogP contribution in [0.4, 0.5) is 0 Å². The first-order valence-corrected chi connectivity index (χ1v) is 3.44. The summed E-state index contributed by atoms with van der Waals surface area (Å²) in [6.45, 7) is 0.542. The SMILES string of the molecule is NNOC(=O)CCn1ccnc1. The largest absolute Gasteiger partial charge is 0.356 e. The van der Waals surface area contributed by atoms with Crippen molar-refractivity contribution in [2.24, 2.45) is 5.84 Å². The van der Waals surface area contributed by atoms with Gasteiger partial charge in [0.15, 0.2) is 0 Å². The third-order valence-electron chi connectivity index (χ3n) is 1.31. The third-order valence-corrected chi connectivity index (χ3v) is 1.31. The van der Waals surface area contributed by atoms with E-state index in [9.17, 15) is 4.79 Å². The van der Waals surface area contributed by atoms with E-state index in [1.54, 1.807) is 23.3 Å². The molecule has 0 aliphatic rings. The minimum absolute atomic E-state index is 0.264. The first-order chi connectivity index (χ1) is 5.83. The van der Waals surface area contributed by atoms with Gasteiger partial charge in [-0.15, -0.1) is 0 Å². The molecule has 0 bridgehead atoms. The lowest BCUT2D eigenvalue weighted by Gasteiger charge is -2.01. The van der Waals surface area contributed by atoms with Gasteiger partial charge in [0.05, 0.1) is 12.7 Å². The second-order valence-corrected chi connectivity index (χ2v) is 2.14. The number of hydrogen-bond donors (Lipinski definition) is 2. The zero-order valence-corrected chi connectivity index (χ0v) is 6.43. The fourth-order valence-electron chi connectivity index (χ4n) is 0.756. The van der Waals surface area contributed by atoms with Gasteiger partial charge >= 0.3 is 5.97 Å². The van der Waals surface area contributed by atoms with E-state index in [1.807, 2.05) is 5.59 Å². The van der Waals surface area contributed by atoms with E-state index in [-0.39, 0.29) is 6.42 Å². The van der Waals surface area contributed by atoms with Crippen LogP contribution in [-0.2, 0) is 16.2 Å². The molecule has 12 heavy (non-hydrogen) atoms. The fraction of sp³-hybridized carbons (Fsp3) is 0.333. The summed E-state index contributed by atoms with van der Waals surface area (Å²) < 4.78 is 1.78. The van der Waals surface area contributed by atoms with Crippen molar-refractivity contribution in [3.05, 3.63) is 18.7 Å². The molecule has 0 aliphatic carbocycles. The normalized spacial score (nSPS) is 9.75. The van der Waals surface area contributed by atoms with Crippen molar-refractivity contribution in [2.45, 2.75) is 13.0 Å². The molecule has 66 valence electrons. The number of aromatic nitrogens is 2. The van der Waals surface area contributed by atoms with Crippen LogP contribution in [0.25, 0.3) is 0 Å². The monoisotopic (exact) mass is 170 g/mol. The maximum absolute atomic E-state index is 10.7. The molecule has 0 spiro atoms. The molecule has 1 rings (SSSR count). The number of imidazole rings is 1. The smallest absolute Gasteiger partial charge is 0.328 e. The summed E-state index contributed by atoms with van der Waals surface area (Å²) in [6, 6.07) is 0. The van der Waals surface area contributed by atoms with E-state index in [0.29, 0.717) is 6.54 Å². The Kier molecular flexibility index (Phi) is 3.24.